The number of aliphatic hydroxyl groups excluding tert-OH is 1. The van der Waals surface area contributed by atoms with Gasteiger partial charge in [0.1, 0.15) is 17.7 Å². The van der Waals surface area contributed by atoms with Gasteiger partial charge in [0.05, 0.1) is 24.5 Å². The first kappa shape index (κ1) is 24.8. The standard InChI is InChI=1S/C30H35N5O3/c1-38-24-12-10-20(11-13-24)19-4-2-6-21(7-3-5-19)29(36)28-25-14-15-35(18-27(25)33-34-28)30(37)22-8-9-23-17-31-32-26(23)16-22/h8-13,16-17,19,21,30,37H,2-7,14-15,18H2,1H3,(H,31,32)(H,33,34). The van der Waals surface area contributed by atoms with E-state index in [1.165, 1.54) is 5.56 Å². The highest BCUT2D eigenvalue weighted by Crippen LogP contribution is 2.36. The van der Waals surface area contributed by atoms with Crippen molar-refractivity contribution in [2.45, 2.75) is 63.6 Å². The molecule has 1 atom stereocenters. The molecule has 4 aromatic rings. The van der Waals surface area contributed by atoms with Gasteiger partial charge >= 0.3 is 0 Å². The lowest BCUT2D eigenvalue weighted by Gasteiger charge is -2.31. The van der Waals surface area contributed by atoms with Crippen LogP contribution in [0.1, 0.15) is 83.5 Å². The van der Waals surface area contributed by atoms with Gasteiger partial charge < -0.3 is 9.84 Å². The molecule has 38 heavy (non-hydrogen) atoms. The number of aromatic nitrogens is 4. The molecule has 1 saturated carbocycles. The number of rotatable bonds is 6. The average molecular weight is 514 g/mol. The van der Waals surface area contributed by atoms with Gasteiger partial charge in [-0.15, -0.1) is 0 Å². The Kier molecular flexibility index (Phi) is 7.00. The largest absolute Gasteiger partial charge is 0.497 e. The third-order valence-corrected chi connectivity index (χ3v) is 8.47. The van der Waals surface area contributed by atoms with Crippen LogP contribution in [0.5, 0.6) is 5.75 Å². The molecule has 3 N–H and O–H groups in total. The van der Waals surface area contributed by atoms with Crippen LogP contribution in [0.4, 0.5) is 0 Å². The number of aliphatic hydroxyl groups is 1. The van der Waals surface area contributed by atoms with Crippen molar-refractivity contribution in [1.82, 2.24) is 25.3 Å². The Hall–Kier alpha value is -3.49. The van der Waals surface area contributed by atoms with E-state index in [1.807, 2.05) is 35.2 Å². The van der Waals surface area contributed by atoms with Crippen LogP contribution in [0, 0.1) is 5.92 Å². The number of aromatic amines is 2. The van der Waals surface area contributed by atoms with Crippen molar-refractivity contribution >= 4 is 16.7 Å². The molecule has 198 valence electrons. The summed E-state index contributed by atoms with van der Waals surface area (Å²) >= 11 is 0. The van der Waals surface area contributed by atoms with Crippen LogP contribution >= 0.6 is 0 Å². The van der Waals surface area contributed by atoms with Crippen LogP contribution < -0.4 is 4.74 Å². The molecule has 2 aromatic carbocycles. The fourth-order valence-electron chi connectivity index (χ4n) is 6.25. The Morgan fingerprint density at radius 2 is 1.87 bits per heavy atom. The van der Waals surface area contributed by atoms with Crippen molar-refractivity contribution in [3.8, 4) is 5.75 Å². The maximum absolute atomic E-state index is 13.6. The fraction of sp³-hybridized carbons (Fsp3) is 0.433. The van der Waals surface area contributed by atoms with Crippen LogP contribution in [-0.2, 0) is 13.0 Å². The molecule has 0 radical (unpaired) electrons. The predicted molar refractivity (Wildman–Crippen MR) is 145 cm³/mol. The van der Waals surface area contributed by atoms with Crippen molar-refractivity contribution in [1.29, 1.82) is 0 Å². The Bertz CT molecular complexity index is 1400. The third kappa shape index (κ3) is 4.86. The van der Waals surface area contributed by atoms with Gasteiger partial charge in [0, 0.05) is 30.0 Å². The van der Waals surface area contributed by atoms with E-state index in [2.05, 4.69) is 32.5 Å². The van der Waals surface area contributed by atoms with E-state index in [0.29, 0.717) is 31.1 Å². The maximum Gasteiger partial charge on any atom is 0.186 e. The van der Waals surface area contributed by atoms with Crippen LogP contribution in [0.15, 0.2) is 48.7 Å². The van der Waals surface area contributed by atoms with Gasteiger partial charge in [0.2, 0.25) is 0 Å². The highest BCUT2D eigenvalue weighted by atomic mass is 16.5. The Balaban J connectivity index is 1.09. The summed E-state index contributed by atoms with van der Waals surface area (Å²) in [5, 5.41) is 26.7. The Morgan fingerprint density at radius 1 is 1.08 bits per heavy atom. The number of hydrogen-bond donors (Lipinski definition) is 3. The van der Waals surface area contributed by atoms with Gasteiger partial charge in [0.15, 0.2) is 5.78 Å². The van der Waals surface area contributed by atoms with Gasteiger partial charge in [0.25, 0.3) is 0 Å². The van der Waals surface area contributed by atoms with E-state index in [1.54, 1.807) is 13.3 Å². The number of carbonyl (C=O) groups excluding carboxylic acids is 1. The Labute approximate surface area is 222 Å². The minimum absolute atomic E-state index is 0.0315. The van der Waals surface area contributed by atoms with E-state index in [-0.39, 0.29) is 11.7 Å². The smallest absolute Gasteiger partial charge is 0.186 e. The number of benzene rings is 2. The summed E-state index contributed by atoms with van der Waals surface area (Å²) in [6, 6.07) is 14.3. The lowest BCUT2D eigenvalue weighted by atomic mass is 9.80. The SMILES string of the molecule is COc1ccc(C2CCCC(C(=O)c3n[nH]c4c3CCN(C(O)c3ccc5cn[nH]c5c3)C4)CCC2)cc1. The molecule has 0 bridgehead atoms. The molecule has 1 aliphatic carbocycles. The van der Waals surface area contributed by atoms with Crippen LogP contribution in [0.2, 0.25) is 0 Å². The first-order valence-electron chi connectivity index (χ1n) is 13.7. The molecule has 6 rings (SSSR count). The van der Waals surface area contributed by atoms with Gasteiger partial charge in [-0.05, 0) is 67.3 Å². The molecule has 0 amide bonds. The molecule has 1 unspecified atom stereocenters. The number of H-pyrrole nitrogens is 2. The molecule has 2 aromatic heterocycles. The second kappa shape index (κ2) is 10.7. The lowest BCUT2D eigenvalue weighted by molar-refractivity contribution is -0.00850. The number of hydrogen-bond acceptors (Lipinski definition) is 6. The number of ether oxygens (including phenoxy) is 1. The minimum Gasteiger partial charge on any atom is -0.497 e. The summed E-state index contributed by atoms with van der Waals surface area (Å²) in [6.07, 6.45) is 7.85. The van der Waals surface area contributed by atoms with Crippen molar-refractivity contribution < 1.29 is 14.6 Å². The number of Topliss-reactive ketones (excluding diaryl/α,β-unsaturated/α-hetero) is 1. The maximum atomic E-state index is 13.6. The number of nitrogens with one attached hydrogen (secondary N) is 2. The monoisotopic (exact) mass is 513 g/mol. The van der Waals surface area contributed by atoms with Crippen LogP contribution in [-0.4, -0.2) is 49.8 Å². The van der Waals surface area contributed by atoms with E-state index in [0.717, 1.165) is 72.0 Å². The number of ketones is 1. The lowest BCUT2D eigenvalue weighted by Crippen LogP contribution is -2.34. The average Bonchev–Trinajstić information content (AvgIpc) is 3.59. The fourth-order valence-corrected chi connectivity index (χ4v) is 6.25. The second-order valence-corrected chi connectivity index (χ2v) is 10.7. The second-order valence-electron chi connectivity index (χ2n) is 10.7. The summed E-state index contributed by atoms with van der Waals surface area (Å²) in [4.78, 5) is 15.6. The van der Waals surface area contributed by atoms with Crippen molar-refractivity contribution in [2.24, 2.45) is 5.92 Å². The van der Waals surface area contributed by atoms with E-state index in [9.17, 15) is 9.90 Å². The number of carbonyl (C=O) groups is 1. The van der Waals surface area contributed by atoms with Crippen molar-refractivity contribution in [2.75, 3.05) is 13.7 Å². The highest BCUT2D eigenvalue weighted by molar-refractivity contribution is 5.97. The first-order valence-corrected chi connectivity index (χ1v) is 13.7. The molecule has 1 fully saturated rings. The third-order valence-electron chi connectivity index (χ3n) is 8.47. The molecule has 8 nitrogen and oxygen atoms in total. The van der Waals surface area contributed by atoms with E-state index in [4.69, 9.17) is 4.74 Å². The van der Waals surface area contributed by atoms with Crippen molar-refractivity contribution in [3.63, 3.8) is 0 Å². The molecular formula is C30H35N5O3. The number of nitrogens with zero attached hydrogens (tertiary/aromatic N) is 3. The predicted octanol–water partition coefficient (Wildman–Crippen LogP) is 5.28. The normalized spacial score (nSPS) is 21.4. The van der Waals surface area contributed by atoms with Crippen LogP contribution in [0.25, 0.3) is 10.9 Å². The summed E-state index contributed by atoms with van der Waals surface area (Å²) in [5.74, 6) is 1.65. The highest BCUT2D eigenvalue weighted by Gasteiger charge is 2.32. The number of methoxy groups -OCH3 is 1. The zero-order valence-electron chi connectivity index (χ0n) is 21.8. The van der Waals surface area contributed by atoms with Gasteiger partial charge in [-0.1, -0.05) is 37.1 Å². The minimum atomic E-state index is -0.734. The van der Waals surface area contributed by atoms with Gasteiger partial charge in [-0.2, -0.15) is 10.2 Å². The summed E-state index contributed by atoms with van der Waals surface area (Å²) in [6.45, 7) is 1.20. The van der Waals surface area contributed by atoms with Crippen LogP contribution in [0.3, 0.4) is 0 Å². The Morgan fingerprint density at radius 3 is 2.63 bits per heavy atom. The molecule has 2 aliphatic rings. The summed E-state index contributed by atoms with van der Waals surface area (Å²) < 4.78 is 5.30. The zero-order chi connectivity index (χ0) is 26.1. The molecule has 3 heterocycles. The molecular weight excluding hydrogens is 478 g/mol. The molecule has 8 heteroatoms. The molecule has 0 spiro atoms. The van der Waals surface area contributed by atoms with E-state index < -0.39 is 6.23 Å². The van der Waals surface area contributed by atoms with Gasteiger partial charge in [-0.25, -0.2) is 0 Å². The van der Waals surface area contributed by atoms with Crippen molar-refractivity contribution in [3.05, 3.63) is 76.7 Å². The van der Waals surface area contributed by atoms with Gasteiger partial charge in [-0.3, -0.25) is 19.9 Å². The summed E-state index contributed by atoms with van der Waals surface area (Å²) in [7, 11) is 1.70. The first-order chi connectivity index (χ1) is 18.6. The number of fused-ring (bicyclic) bond motifs is 2. The topological polar surface area (TPSA) is 107 Å². The zero-order valence-corrected chi connectivity index (χ0v) is 21.8. The van der Waals surface area contributed by atoms with E-state index >= 15 is 0 Å². The molecule has 1 aliphatic heterocycles. The summed E-state index contributed by atoms with van der Waals surface area (Å²) in [5.41, 5.74) is 5.68. The quantitative estimate of drug-likeness (QED) is 0.303. The molecule has 0 saturated heterocycles.